The van der Waals surface area contributed by atoms with Crippen LogP contribution in [-0.4, -0.2) is 10.9 Å². The highest BCUT2D eigenvalue weighted by Crippen LogP contribution is 2.44. The van der Waals surface area contributed by atoms with E-state index in [2.05, 4.69) is 10.3 Å². The number of nitrogens with zero attached hydrogens (tertiary/aromatic N) is 1. The van der Waals surface area contributed by atoms with Crippen molar-refractivity contribution in [1.29, 1.82) is 0 Å². The van der Waals surface area contributed by atoms with E-state index in [1.165, 1.54) is 11.3 Å². The number of aromatic nitrogens is 1. The zero-order valence-corrected chi connectivity index (χ0v) is 11.7. The maximum atomic E-state index is 12.6. The second kappa shape index (κ2) is 4.78. The largest absolute Gasteiger partial charge is 0.301 e. The first-order chi connectivity index (χ1) is 9.21. The normalized spacial score (nSPS) is 16.7. The molecule has 0 saturated heterocycles. The molecule has 1 aromatic carbocycles. The van der Waals surface area contributed by atoms with Crippen LogP contribution in [0, 0.1) is 6.92 Å². The molecule has 19 heavy (non-hydrogen) atoms. The van der Waals surface area contributed by atoms with Crippen LogP contribution in [0.15, 0.2) is 36.5 Å². The second-order valence-corrected chi connectivity index (χ2v) is 6.27. The number of rotatable bonds is 3. The molecule has 98 valence electrons. The van der Waals surface area contributed by atoms with Crippen LogP contribution in [0.1, 0.15) is 29.7 Å². The Bertz CT molecular complexity index is 587. The second-order valence-electron chi connectivity index (χ2n) is 5.03. The zero-order valence-electron chi connectivity index (χ0n) is 10.8. The monoisotopic (exact) mass is 272 g/mol. The Morgan fingerprint density at radius 1 is 1.32 bits per heavy atom. The summed E-state index contributed by atoms with van der Waals surface area (Å²) >= 11 is 1.52. The van der Waals surface area contributed by atoms with Crippen LogP contribution in [0.5, 0.6) is 0 Å². The van der Waals surface area contributed by atoms with Crippen molar-refractivity contribution in [1.82, 2.24) is 4.98 Å². The fraction of sp³-hybridized carbons (Fsp3) is 0.333. The zero-order chi connectivity index (χ0) is 13.3. The lowest BCUT2D eigenvalue weighted by Crippen LogP contribution is -2.45. The topological polar surface area (TPSA) is 42.0 Å². The summed E-state index contributed by atoms with van der Waals surface area (Å²) in [6, 6.07) is 10.1. The molecule has 0 bridgehead atoms. The summed E-state index contributed by atoms with van der Waals surface area (Å²) in [7, 11) is 0. The van der Waals surface area contributed by atoms with Gasteiger partial charge in [0.05, 0.1) is 5.41 Å². The van der Waals surface area contributed by atoms with E-state index in [1.807, 2.05) is 37.3 Å². The number of anilines is 1. The van der Waals surface area contributed by atoms with Gasteiger partial charge in [-0.3, -0.25) is 4.79 Å². The first kappa shape index (κ1) is 12.4. The number of carbonyl (C=O) groups is 1. The van der Waals surface area contributed by atoms with E-state index in [-0.39, 0.29) is 11.3 Å². The van der Waals surface area contributed by atoms with Crippen LogP contribution in [0.25, 0.3) is 0 Å². The molecule has 1 N–H and O–H groups in total. The smallest absolute Gasteiger partial charge is 0.236 e. The lowest BCUT2D eigenvalue weighted by Gasteiger charge is -2.40. The summed E-state index contributed by atoms with van der Waals surface area (Å²) in [4.78, 5) is 17.9. The summed E-state index contributed by atoms with van der Waals surface area (Å²) in [5, 5.41) is 3.67. The average molecular weight is 272 g/mol. The van der Waals surface area contributed by atoms with Gasteiger partial charge in [-0.1, -0.05) is 36.8 Å². The van der Waals surface area contributed by atoms with Gasteiger partial charge >= 0.3 is 0 Å². The molecule has 0 spiro atoms. The minimum atomic E-state index is -0.346. The molecule has 0 unspecified atom stereocenters. The highest BCUT2D eigenvalue weighted by Gasteiger charge is 2.45. The Morgan fingerprint density at radius 3 is 2.58 bits per heavy atom. The van der Waals surface area contributed by atoms with Crippen molar-refractivity contribution in [3.8, 4) is 0 Å². The van der Waals surface area contributed by atoms with Gasteiger partial charge in [0.2, 0.25) is 5.91 Å². The number of hydrogen-bond donors (Lipinski definition) is 1. The molecule has 2 aromatic rings. The third kappa shape index (κ3) is 2.16. The van der Waals surface area contributed by atoms with E-state index in [4.69, 9.17) is 0 Å². The SMILES string of the molecule is Cc1cnc(NC(=O)C2(c3ccccc3)CCC2)s1. The molecule has 3 rings (SSSR count). The fourth-order valence-corrected chi connectivity index (χ4v) is 3.22. The number of nitrogens with one attached hydrogen (secondary N) is 1. The number of thiazole rings is 1. The van der Waals surface area contributed by atoms with Gasteiger partial charge in [-0.25, -0.2) is 4.98 Å². The van der Waals surface area contributed by atoms with Gasteiger partial charge in [-0.05, 0) is 25.3 Å². The standard InChI is InChI=1S/C15H16N2OS/c1-11-10-16-14(19-11)17-13(18)15(8-5-9-15)12-6-3-2-4-7-12/h2-4,6-7,10H,5,8-9H2,1H3,(H,16,17,18). The summed E-state index contributed by atoms with van der Waals surface area (Å²) in [6.07, 6.45) is 4.75. The Hall–Kier alpha value is -1.68. The third-order valence-electron chi connectivity index (χ3n) is 3.81. The highest BCUT2D eigenvalue weighted by atomic mass is 32.1. The molecule has 4 heteroatoms. The van der Waals surface area contributed by atoms with Crippen LogP contribution >= 0.6 is 11.3 Å². The summed E-state index contributed by atoms with van der Waals surface area (Å²) in [5.74, 6) is 0.0827. The number of aryl methyl sites for hydroxylation is 1. The molecule has 1 aliphatic carbocycles. The molecular weight excluding hydrogens is 256 g/mol. The number of carbonyl (C=O) groups excluding carboxylic acids is 1. The van der Waals surface area contributed by atoms with Crippen LogP contribution in [0.2, 0.25) is 0 Å². The van der Waals surface area contributed by atoms with Crippen molar-refractivity contribution >= 4 is 22.4 Å². The molecule has 1 aliphatic rings. The number of benzene rings is 1. The molecule has 1 saturated carbocycles. The van der Waals surface area contributed by atoms with Crippen molar-refractivity contribution in [2.75, 3.05) is 5.32 Å². The lowest BCUT2D eigenvalue weighted by atomic mass is 9.64. The molecule has 3 nitrogen and oxygen atoms in total. The van der Waals surface area contributed by atoms with Crippen molar-refractivity contribution in [3.63, 3.8) is 0 Å². The van der Waals surface area contributed by atoms with Crippen molar-refractivity contribution < 1.29 is 4.79 Å². The quantitative estimate of drug-likeness (QED) is 0.929. The van der Waals surface area contributed by atoms with Gasteiger partial charge < -0.3 is 5.32 Å². The molecule has 0 atom stereocenters. The maximum Gasteiger partial charge on any atom is 0.236 e. The van der Waals surface area contributed by atoms with E-state index in [9.17, 15) is 4.79 Å². The van der Waals surface area contributed by atoms with E-state index in [1.54, 1.807) is 6.20 Å². The fourth-order valence-electron chi connectivity index (χ4n) is 2.56. The summed E-state index contributed by atoms with van der Waals surface area (Å²) in [6.45, 7) is 1.99. The van der Waals surface area contributed by atoms with Gasteiger partial charge in [0.15, 0.2) is 5.13 Å². The van der Waals surface area contributed by atoms with E-state index in [0.717, 1.165) is 29.7 Å². The van der Waals surface area contributed by atoms with Crippen LogP contribution < -0.4 is 5.32 Å². The molecule has 1 amide bonds. The Balaban J connectivity index is 1.84. The molecule has 1 heterocycles. The predicted molar refractivity (Wildman–Crippen MR) is 77.5 cm³/mol. The first-order valence-corrected chi connectivity index (χ1v) is 7.32. The average Bonchev–Trinajstić information content (AvgIpc) is 2.75. The summed E-state index contributed by atoms with van der Waals surface area (Å²) in [5.41, 5.74) is 0.771. The van der Waals surface area contributed by atoms with E-state index < -0.39 is 0 Å². The minimum absolute atomic E-state index is 0.0827. The number of hydrogen-bond acceptors (Lipinski definition) is 3. The Labute approximate surface area is 116 Å². The third-order valence-corrected chi connectivity index (χ3v) is 4.64. The Morgan fingerprint density at radius 2 is 2.05 bits per heavy atom. The van der Waals surface area contributed by atoms with Gasteiger partial charge in [-0.15, -0.1) is 11.3 Å². The summed E-state index contributed by atoms with van der Waals surface area (Å²) < 4.78 is 0. The van der Waals surface area contributed by atoms with E-state index >= 15 is 0 Å². The highest BCUT2D eigenvalue weighted by molar-refractivity contribution is 7.15. The molecule has 1 aromatic heterocycles. The van der Waals surface area contributed by atoms with Crippen LogP contribution in [0.4, 0.5) is 5.13 Å². The minimum Gasteiger partial charge on any atom is -0.301 e. The predicted octanol–water partition coefficient (Wildman–Crippen LogP) is 3.51. The van der Waals surface area contributed by atoms with Crippen molar-refractivity contribution in [2.24, 2.45) is 0 Å². The van der Waals surface area contributed by atoms with E-state index in [0.29, 0.717) is 5.13 Å². The molecule has 0 radical (unpaired) electrons. The number of amides is 1. The van der Waals surface area contributed by atoms with Crippen LogP contribution in [0.3, 0.4) is 0 Å². The van der Waals surface area contributed by atoms with Gasteiger partial charge in [0.1, 0.15) is 0 Å². The first-order valence-electron chi connectivity index (χ1n) is 6.50. The lowest BCUT2D eigenvalue weighted by molar-refractivity contribution is -0.124. The van der Waals surface area contributed by atoms with Crippen LogP contribution in [-0.2, 0) is 10.2 Å². The van der Waals surface area contributed by atoms with Crippen molar-refractivity contribution in [3.05, 3.63) is 47.0 Å². The van der Waals surface area contributed by atoms with Gasteiger partial charge in [0, 0.05) is 11.1 Å². The maximum absolute atomic E-state index is 12.6. The molecular formula is C15H16N2OS. The van der Waals surface area contributed by atoms with Gasteiger partial charge in [0.25, 0.3) is 0 Å². The molecule has 1 fully saturated rings. The van der Waals surface area contributed by atoms with Crippen molar-refractivity contribution in [2.45, 2.75) is 31.6 Å². The van der Waals surface area contributed by atoms with Gasteiger partial charge in [-0.2, -0.15) is 0 Å². The molecule has 0 aliphatic heterocycles. The Kier molecular flexibility index (Phi) is 3.11.